The number of hydrogen-bond donors (Lipinski definition) is 0. The van der Waals surface area contributed by atoms with Gasteiger partial charge in [-0.2, -0.15) is 0 Å². The van der Waals surface area contributed by atoms with E-state index >= 15 is 0 Å². The molecular formula is C11H24N+. The van der Waals surface area contributed by atoms with Crippen molar-refractivity contribution in [1.82, 2.24) is 0 Å². The van der Waals surface area contributed by atoms with Crippen molar-refractivity contribution in [3.63, 3.8) is 0 Å². The third-order valence-electron chi connectivity index (χ3n) is 3.79. The maximum absolute atomic E-state index is 2.39. The quantitative estimate of drug-likeness (QED) is 0.559. The minimum Gasteiger partial charge on any atom is -0.326 e. The van der Waals surface area contributed by atoms with E-state index in [0.717, 1.165) is 12.0 Å². The topological polar surface area (TPSA) is 0 Å². The minimum absolute atomic E-state index is 0.936. The molecule has 0 aliphatic heterocycles. The molecule has 0 heterocycles. The summed E-state index contributed by atoms with van der Waals surface area (Å²) in [6.45, 7) is 5.97. The first-order valence-corrected chi connectivity index (χ1v) is 5.39. The molecule has 1 heteroatoms. The fraction of sp³-hybridized carbons (Fsp3) is 1.00. The molecule has 1 rings (SSSR count). The lowest BCUT2D eigenvalue weighted by Crippen LogP contribution is -2.49. The van der Waals surface area contributed by atoms with Crippen molar-refractivity contribution in [2.75, 3.05) is 20.6 Å². The average molecular weight is 170 g/mol. The van der Waals surface area contributed by atoms with Gasteiger partial charge in [0.1, 0.15) is 0 Å². The molecule has 0 spiro atoms. The first kappa shape index (κ1) is 10.0. The van der Waals surface area contributed by atoms with Gasteiger partial charge in [-0.3, -0.25) is 0 Å². The predicted molar refractivity (Wildman–Crippen MR) is 54.1 cm³/mol. The highest BCUT2D eigenvalue weighted by molar-refractivity contribution is 4.70. The molecule has 0 atom stereocenters. The summed E-state index contributed by atoms with van der Waals surface area (Å²) >= 11 is 0. The van der Waals surface area contributed by atoms with Crippen molar-refractivity contribution in [1.29, 1.82) is 0 Å². The van der Waals surface area contributed by atoms with E-state index in [2.05, 4.69) is 27.9 Å². The largest absolute Gasteiger partial charge is 0.326 e. The van der Waals surface area contributed by atoms with E-state index in [4.69, 9.17) is 0 Å². The number of nitrogens with zero attached hydrogens (tertiary/aromatic N) is 1. The van der Waals surface area contributed by atoms with E-state index in [0.29, 0.717) is 0 Å². The predicted octanol–water partition coefficient (Wildman–Crippen LogP) is 2.66. The molecular weight excluding hydrogens is 146 g/mol. The Hall–Kier alpha value is -0.0400. The van der Waals surface area contributed by atoms with Crippen LogP contribution in [0.4, 0.5) is 0 Å². The highest BCUT2D eigenvalue weighted by Gasteiger charge is 2.29. The monoisotopic (exact) mass is 170 g/mol. The molecule has 1 fully saturated rings. The van der Waals surface area contributed by atoms with E-state index in [1.54, 1.807) is 0 Å². The van der Waals surface area contributed by atoms with E-state index in [9.17, 15) is 0 Å². The lowest BCUT2D eigenvalue weighted by Gasteiger charge is -2.40. The molecule has 0 amide bonds. The Morgan fingerprint density at radius 3 is 2.00 bits per heavy atom. The molecule has 0 saturated heterocycles. The van der Waals surface area contributed by atoms with Crippen LogP contribution in [0.3, 0.4) is 0 Å². The Morgan fingerprint density at radius 2 is 1.58 bits per heavy atom. The van der Waals surface area contributed by atoms with Gasteiger partial charge in [-0.05, 0) is 38.5 Å². The highest BCUT2D eigenvalue weighted by atomic mass is 15.3. The summed E-state index contributed by atoms with van der Waals surface area (Å²) in [7, 11) is 4.75. The van der Waals surface area contributed by atoms with Crippen molar-refractivity contribution in [3.8, 4) is 0 Å². The maximum Gasteiger partial charge on any atom is 0.0886 e. The van der Waals surface area contributed by atoms with Crippen LogP contribution in [0.5, 0.6) is 0 Å². The molecule has 1 aliphatic carbocycles. The van der Waals surface area contributed by atoms with Crippen molar-refractivity contribution in [2.24, 2.45) is 5.92 Å². The molecule has 1 saturated carbocycles. The first-order valence-electron chi connectivity index (χ1n) is 5.39. The Labute approximate surface area is 77.4 Å². The van der Waals surface area contributed by atoms with E-state index in [-0.39, 0.29) is 0 Å². The summed E-state index contributed by atoms with van der Waals surface area (Å²) in [5.41, 5.74) is 0. The summed E-state index contributed by atoms with van der Waals surface area (Å²) in [5, 5.41) is 0. The highest BCUT2D eigenvalue weighted by Crippen LogP contribution is 2.28. The van der Waals surface area contributed by atoms with Gasteiger partial charge in [0.25, 0.3) is 0 Å². The van der Waals surface area contributed by atoms with Crippen LogP contribution < -0.4 is 0 Å². The van der Waals surface area contributed by atoms with E-state index in [1.807, 2.05) is 0 Å². The molecule has 0 N–H and O–H groups in total. The van der Waals surface area contributed by atoms with Crippen LogP contribution >= 0.6 is 0 Å². The van der Waals surface area contributed by atoms with Crippen LogP contribution in [-0.2, 0) is 0 Å². The van der Waals surface area contributed by atoms with Crippen molar-refractivity contribution in [2.45, 2.75) is 45.6 Å². The van der Waals surface area contributed by atoms with Crippen molar-refractivity contribution in [3.05, 3.63) is 0 Å². The second kappa shape index (κ2) is 3.78. The summed E-state index contributed by atoms with van der Waals surface area (Å²) in [4.78, 5) is 0. The molecule has 0 radical (unpaired) electrons. The minimum atomic E-state index is 0.936. The van der Waals surface area contributed by atoms with Gasteiger partial charge in [-0.15, -0.1) is 0 Å². The fourth-order valence-corrected chi connectivity index (χ4v) is 2.20. The Morgan fingerprint density at radius 1 is 1.08 bits per heavy atom. The molecule has 0 aromatic heterocycles. The SMILES string of the molecule is CC[N+](C)(C)C1CCC(C)CC1. The van der Waals surface area contributed by atoms with Crippen LogP contribution in [0, 0.1) is 5.92 Å². The number of quaternary nitrogens is 1. The van der Waals surface area contributed by atoms with Crippen LogP contribution in [-0.4, -0.2) is 31.2 Å². The van der Waals surface area contributed by atoms with Gasteiger partial charge in [0.2, 0.25) is 0 Å². The summed E-state index contributed by atoms with van der Waals surface area (Å²) in [6, 6.07) is 0.936. The van der Waals surface area contributed by atoms with Crippen LogP contribution in [0.2, 0.25) is 0 Å². The standard InChI is InChI=1S/C11H24N/c1-5-12(3,4)11-8-6-10(2)7-9-11/h10-11H,5-9H2,1-4H3/q+1. The second-order valence-corrected chi connectivity index (χ2v) is 5.01. The molecule has 1 nitrogen and oxygen atoms in total. The molecule has 12 heavy (non-hydrogen) atoms. The van der Waals surface area contributed by atoms with Gasteiger partial charge in [0.05, 0.1) is 26.7 Å². The Kier molecular flexibility index (Phi) is 3.16. The van der Waals surface area contributed by atoms with Crippen molar-refractivity contribution >= 4 is 0 Å². The Balaban J connectivity index is 2.44. The van der Waals surface area contributed by atoms with E-state index < -0.39 is 0 Å². The lowest BCUT2D eigenvalue weighted by atomic mass is 9.86. The van der Waals surface area contributed by atoms with Gasteiger partial charge >= 0.3 is 0 Å². The van der Waals surface area contributed by atoms with Gasteiger partial charge in [-0.25, -0.2) is 0 Å². The molecule has 0 aromatic carbocycles. The zero-order chi connectivity index (χ0) is 9.19. The molecule has 0 aromatic rings. The zero-order valence-corrected chi connectivity index (χ0v) is 9.14. The van der Waals surface area contributed by atoms with Gasteiger partial charge < -0.3 is 4.48 Å². The van der Waals surface area contributed by atoms with Crippen molar-refractivity contribution < 1.29 is 4.48 Å². The van der Waals surface area contributed by atoms with Crippen LogP contribution in [0.15, 0.2) is 0 Å². The lowest BCUT2D eigenvalue weighted by molar-refractivity contribution is -0.914. The van der Waals surface area contributed by atoms with Gasteiger partial charge in [0, 0.05) is 0 Å². The molecule has 1 aliphatic rings. The van der Waals surface area contributed by atoms with Gasteiger partial charge in [-0.1, -0.05) is 6.92 Å². The van der Waals surface area contributed by atoms with Crippen LogP contribution in [0.1, 0.15) is 39.5 Å². The molecule has 72 valence electrons. The third kappa shape index (κ3) is 2.22. The first-order chi connectivity index (χ1) is 5.56. The maximum atomic E-state index is 2.39. The van der Waals surface area contributed by atoms with E-state index in [1.165, 1.54) is 36.7 Å². The fourth-order valence-electron chi connectivity index (χ4n) is 2.20. The van der Waals surface area contributed by atoms with Gasteiger partial charge in [0.15, 0.2) is 0 Å². The van der Waals surface area contributed by atoms with Crippen LogP contribution in [0.25, 0.3) is 0 Å². The molecule has 0 unspecified atom stereocenters. The summed E-state index contributed by atoms with van der Waals surface area (Å²) in [6.07, 6.45) is 5.79. The summed E-state index contributed by atoms with van der Waals surface area (Å²) in [5.74, 6) is 0.984. The number of hydrogen-bond acceptors (Lipinski definition) is 0. The summed E-state index contributed by atoms with van der Waals surface area (Å²) < 4.78 is 1.23. The Bertz CT molecular complexity index is 132. The third-order valence-corrected chi connectivity index (χ3v) is 3.79. The normalized spacial score (nSPS) is 32.0. The average Bonchev–Trinajstić information content (AvgIpc) is 2.05. The second-order valence-electron chi connectivity index (χ2n) is 5.01. The molecule has 0 bridgehead atoms. The number of rotatable bonds is 2. The zero-order valence-electron chi connectivity index (χ0n) is 9.14. The smallest absolute Gasteiger partial charge is 0.0886 e.